The van der Waals surface area contributed by atoms with Crippen molar-refractivity contribution in [3.63, 3.8) is 0 Å². The molecule has 0 aliphatic rings. The normalized spacial score (nSPS) is 11.2. The zero-order valence-corrected chi connectivity index (χ0v) is 15.3. The monoisotopic (exact) mass is 356 g/mol. The van der Waals surface area contributed by atoms with Gasteiger partial charge in [0.05, 0.1) is 30.9 Å². The number of benzene rings is 3. The van der Waals surface area contributed by atoms with E-state index in [0.29, 0.717) is 5.75 Å². The number of aromatic nitrogens is 2. The lowest BCUT2D eigenvalue weighted by atomic mass is 10.1. The van der Waals surface area contributed by atoms with Crippen molar-refractivity contribution in [2.45, 2.75) is 0 Å². The van der Waals surface area contributed by atoms with Gasteiger partial charge < -0.3 is 9.47 Å². The average molecular weight is 356 g/mol. The molecule has 0 N–H and O–H groups in total. The molecule has 4 aromatic rings. The maximum atomic E-state index is 5.39. The van der Waals surface area contributed by atoms with Crippen LogP contribution in [0.3, 0.4) is 0 Å². The average Bonchev–Trinajstić information content (AvgIpc) is 3.16. The molecule has 0 amide bonds. The second-order valence-electron chi connectivity index (χ2n) is 6.11. The van der Waals surface area contributed by atoms with Gasteiger partial charge in [-0.1, -0.05) is 48.6 Å². The van der Waals surface area contributed by atoms with Crippen molar-refractivity contribution < 1.29 is 9.47 Å². The molecule has 134 valence electrons. The highest BCUT2D eigenvalue weighted by Gasteiger charge is 2.07. The third-order valence-electron chi connectivity index (χ3n) is 4.51. The van der Waals surface area contributed by atoms with E-state index in [1.807, 2.05) is 54.9 Å². The van der Waals surface area contributed by atoms with Gasteiger partial charge in [0.25, 0.3) is 0 Å². The first-order valence-electron chi connectivity index (χ1n) is 8.72. The van der Waals surface area contributed by atoms with Crippen LogP contribution >= 0.6 is 0 Å². The van der Waals surface area contributed by atoms with Crippen LogP contribution in [0.1, 0.15) is 11.1 Å². The molecule has 0 saturated carbocycles. The molecule has 0 aliphatic carbocycles. The number of nitrogens with zero attached hydrogens (tertiary/aromatic N) is 2. The summed E-state index contributed by atoms with van der Waals surface area (Å²) in [5.41, 5.74) is 5.30. The Hall–Kier alpha value is -3.53. The van der Waals surface area contributed by atoms with E-state index in [4.69, 9.17) is 9.47 Å². The first kappa shape index (κ1) is 16.9. The summed E-state index contributed by atoms with van der Waals surface area (Å²) in [5, 5.41) is 0. The van der Waals surface area contributed by atoms with Gasteiger partial charge in [-0.05, 0) is 41.5 Å². The second-order valence-corrected chi connectivity index (χ2v) is 6.11. The van der Waals surface area contributed by atoms with E-state index in [1.54, 1.807) is 14.2 Å². The van der Waals surface area contributed by atoms with Gasteiger partial charge in [-0.3, -0.25) is 4.57 Å². The number of methoxy groups -OCH3 is 2. The molecule has 27 heavy (non-hydrogen) atoms. The molecular formula is C23H20N2O2. The second kappa shape index (κ2) is 7.38. The summed E-state index contributed by atoms with van der Waals surface area (Å²) in [6.07, 6.45) is 6.04. The van der Waals surface area contributed by atoms with Crippen LogP contribution in [0.15, 0.2) is 73.1 Å². The minimum Gasteiger partial charge on any atom is -0.493 e. The molecule has 0 bridgehead atoms. The van der Waals surface area contributed by atoms with E-state index in [1.165, 1.54) is 0 Å². The molecule has 4 heteroatoms. The molecule has 1 aromatic heterocycles. The van der Waals surface area contributed by atoms with Gasteiger partial charge >= 0.3 is 0 Å². The molecule has 0 saturated heterocycles. The molecule has 0 atom stereocenters. The smallest absolute Gasteiger partial charge is 0.161 e. The van der Waals surface area contributed by atoms with Crippen LogP contribution in [0.4, 0.5) is 0 Å². The lowest BCUT2D eigenvalue weighted by molar-refractivity contribution is 0.355. The van der Waals surface area contributed by atoms with Crippen molar-refractivity contribution in [3.05, 3.63) is 84.2 Å². The van der Waals surface area contributed by atoms with Gasteiger partial charge in [0.1, 0.15) is 6.33 Å². The maximum absolute atomic E-state index is 5.39. The largest absolute Gasteiger partial charge is 0.493 e. The van der Waals surface area contributed by atoms with Crippen molar-refractivity contribution in [1.82, 2.24) is 9.55 Å². The number of hydrogen-bond donors (Lipinski definition) is 0. The predicted octanol–water partition coefficient (Wildman–Crippen LogP) is 5.21. The van der Waals surface area contributed by atoms with E-state index in [0.717, 1.165) is 33.6 Å². The first-order valence-corrected chi connectivity index (χ1v) is 8.72. The third kappa shape index (κ3) is 3.29. The van der Waals surface area contributed by atoms with Gasteiger partial charge in [-0.15, -0.1) is 0 Å². The summed E-state index contributed by atoms with van der Waals surface area (Å²) < 4.78 is 12.8. The third-order valence-corrected chi connectivity index (χ3v) is 4.51. The summed E-state index contributed by atoms with van der Waals surface area (Å²) in [6, 6.07) is 22.3. The standard InChI is InChI=1S/C23H20N2O2/c1-26-22-14-12-17(15-23(22)27-2)11-13-18-7-3-5-9-20(18)25-16-24-19-8-4-6-10-21(19)25/h3-16H,1-2H3/b13-11+. The first-order chi connectivity index (χ1) is 13.3. The van der Waals surface area contributed by atoms with Crippen LogP contribution in [0.5, 0.6) is 11.5 Å². The van der Waals surface area contributed by atoms with Crippen molar-refractivity contribution in [1.29, 1.82) is 0 Å². The Balaban J connectivity index is 1.73. The summed E-state index contributed by atoms with van der Waals surface area (Å²) in [4.78, 5) is 4.50. The zero-order valence-electron chi connectivity index (χ0n) is 15.3. The summed E-state index contributed by atoms with van der Waals surface area (Å²) in [7, 11) is 3.28. The van der Waals surface area contributed by atoms with Crippen LogP contribution in [0.25, 0.3) is 28.9 Å². The highest BCUT2D eigenvalue weighted by Crippen LogP contribution is 2.29. The minimum absolute atomic E-state index is 0.716. The molecule has 0 aliphatic heterocycles. The van der Waals surface area contributed by atoms with Gasteiger partial charge in [-0.2, -0.15) is 0 Å². The molecule has 4 nitrogen and oxygen atoms in total. The number of ether oxygens (including phenoxy) is 2. The Morgan fingerprint density at radius 2 is 1.59 bits per heavy atom. The number of hydrogen-bond acceptors (Lipinski definition) is 3. The minimum atomic E-state index is 0.716. The summed E-state index contributed by atoms with van der Waals surface area (Å²) >= 11 is 0. The van der Waals surface area contributed by atoms with Crippen molar-refractivity contribution >= 4 is 23.2 Å². The maximum Gasteiger partial charge on any atom is 0.161 e. The fourth-order valence-electron chi connectivity index (χ4n) is 3.14. The van der Waals surface area contributed by atoms with E-state index < -0.39 is 0 Å². The van der Waals surface area contributed by atoms with E-state index in [2.05, 4.69) is 39.9 Å². The lowest BCUT2D eigenvalue weighted by Crippen LogP contribution is -1.94. The quantitative estimate of drug-likeness (QED) is 0.460. The molecular weight excluding hydrogens is 336 g/mol. The zero-order chi connectivity index (χ0) is 18.6. The topological polar surface area (TPSA) is 36.3 Å². The molecule has 0 fully saturated rings. The van der Waals surface area contributed by atoms with Crippen LogP contribution in [0.2, 0.25) is 0 Å². The number of para-hydroxylation sites is 3. The van der Waals surface area contributed by atoms with E-state index in [9.17, 15) is 0 Å². The summed E-state index contributed by atoms with van der Waals surface area (Å²) in [5.74, 6) is 1.44. The Kier molecular flexibility index (Phi) is 4.62. The van der Waals surface area contributed by atoms with Crippen molar-refractivity contribution in [2.24, 2.45) is 0 Å². The lowest BCUT2D eigenvalue weighted by Gasteiger charge is -2.09. The number of rotatable bonds is 5. The highest BCUT2D eigenvalue weighted by molar-refractivity contribution is 5.80. The van der Waals surface area contributed by atoms with Crippen LogP contribution < -0.4 is 9.47 Å². The van der Waals surface area contributed by atoms with Gasteiger partial charge in [0.2, 0.25) is 0 Å². The number of imidazole rings is 1. The Labute approximate surface area is 158 Å². The van der Waals surface area contributed by atoms with Crippen LogP contribution in [0, 0.1) is 0 Å². The molecule has 3 aromatic carbocycles. The van der Waals surface area contributed by atoms with Gasteiger partial charge in [0, 0.05) is 0 Å². The van der Waals surface area contributed by atoms with E-state index in [-0.39, 0.29) is 0 Å². The number of fused-ring (bicyclic) bond motifs is 1. The molecule has 4 rings (SSSR count). The Bertz CT molecular complexity index is 1110. The molecule has 0 spiro atoms. The molecule has 0 radical (unpaired) electrons. The predicted molar refractivity (Wildman–Crippen MR) is 110 cm³/mol. The van der Waals surface area contributed by atoms with E-state index >= 15 is 0 Å². The summed E-state index contributed by atoms with van der Waals surface area (Å²) in [6.45, 7) is 0. The Morgan fingerprint density at radius 3 is 2.44 bits per heavy atom. The van der Waals surface area contributed by atoms with Gasteiger partial charge in [-0.25, -0.2) is 4.98 Å². The Morgan fingerprint density at radius 1 is 0.815 bits per heavy atom. The highest BCUT2D eigenvalue weighted by atomic mass is 16.5. The molecule has 0 unspecified atom stereocenters. The van der Waals surface area contributed by atoms with Gasteiger partial charge in [0.15, 0.2) is 11.5 Å². The molecule has 1 heterocycles. The van der Waals surface area contributed by atoms with Crippen molar-refractivity contribution in [2.75, 3.05) is 14.2 Å². The SMILES string of the molecule is COc1ccc(/C=C/c2ccccc2-n2cnc3ccccc32)cc1OC. The van der Waals surface area contributed by atoms with Crippen LogP contribution in [-0.4, -0.2) is 23.8 Å². The fourth-order valence-corrected chi connectivity index (χ4v) is 3.14. The van der Waals surface area contributed by atoms with Crippen molar-refractivity contribution in [3.8, 4) is 17.2 Å². The fraction of sp³-hybridized carbons (Fsp3) is 0.0870. The van der Waals surface area contributed by atoms with Crippen LogP contribution in [-0.2, 0) is 0 Å².